The zero-order valence-corrected chi connectivity index (χ0v) is 13.9. The van der Waals surface area contributed by atoms with Crippen molar-refractivity contribution in [1.82, 2.24) is 0 Å². The first-order valence-corrected chi connectivity index (χ1v) is 8.36. The average Bonchev–Trinajstić information content (AvgIpc) is 2.53. The van der Waals surface area contributed by atoms with Gasteiger partial charge in [-0.15, -0.1) is 0 Å². The molecular formula is C15H12F4N2O4S. The predicted octanol–water partition coefficient (Wildman–Crippen LogP) is 3.82. The molecule has 0 heterocycles. The number of carbonyl (C=O) groups is 1. The second-order valence-electron chi connectivity index (χ2n) is 4.94. The number of hydrogen-bond acceptors (Lipinski definition) is 4. The summed E-state index contributed by atoms with van der Waals surface area (Å²) >= 11 is 0. The van der Waals surface area contributed by atoms with E-state index in [9.17, 15) is 30.8 Å². The van der Waals surface area contributed by atoms with Crippen LogP contribution in [0.5, 0.6) is 0 Å². The molecule has 0 spiro atoms. The lowest BCUT2D eigenvalue weighted by Gasteiger charge is -2.12. The van der Waals surface area contributed by atoms with E-state index in [4.69, 9.17) is 0 Å². The molecule has 0 bridgehead atoms. The highest BCUT2D eigenvalue weighted by Crippen LogP contribution is 2.33. The highest BCUT2D eigenvalue weighted by Gasteiger charge is 2.35. The molecule has 0 unspecified atom stereocenters. The molecule has 6 nitrogen and oxygen atoms in total. The summed E-state index contributed by atoms with van der Waals surface area (Å²) in [5, 5.41) is 2.30. The number of ether oxygens (including phenoxy) is 1. The van der Waals surface area contributed by atoms with E-state index in [1.165, 1.54) is 24.3 Å². The summed E-state index contributed by atoms with van der Waals surface area (Å²) in [6.45, 7) is 0. The SMILES string of the molecule is COC(=O)Nc1cccc(NS(=O)(=O)c2ccc(F)c(C(F)(F)F)c2)c1. The van der Waals surface area contributed by atoms with E-state index < -0.39 is 38.6 Å². The third-order valence-electron chi connectivity index (χ3n) is 3.10. The fourth-order valence-corrected chi connectivity index (χ4v) is 3.01. The minimum Gasteiger partial charge on any atom is -0.453 e. The van der Waals surface area contributed by atoms with E-state index in [0.29, 0.717) is 12.1 Å². The Hall–Kier alpha value is -2.82. The van der Waals surface area contributed by atoms with Crippen LogP contribution in [0.4, 0.5) is 33.7 Å². The quantitative estimate of drug-likeness (QED) is 0.775. The minimum atomic E-state index is -5.04. The molecule has 0 fully saturated rings. The molecule has 0 aliphatic carbocycles. The van der Waals surface area contributed by atoms with E-state index in [0.717, 1.165) is 7.11 Å². The lowest BCUT2D eigenvalue weighted by molar-refractivity contribution is -0.140. The van der Waals surface area contributed by atoms with Gasteiger partial charge in [0, 0.05) is 5.69 Å². The topological polar surface area (TPSA) is 84.5 Å². The first-order chi connectivity index (χ1) is 12.0. The maximum Gasteiger partial charge on any atom is 0.419 e. The summed E-state index contributed by atoms with van der Waals surface area (Å²) in [5.74, 6) is -1.58. The second kappa shape index (κ2) is 7.20. The zero-order valence-electron chi connectivity index (χ0n) is 13.1. The standard InChI is InChI=1S/C15H12F4N2O4S/c1-25-14(22)20-9-3-2-4-10(7-9)21-26(23,24)11-5-6-13(16)12(8-11)15(17,18)19/h2-8,21H,1H3,(H,20,22). The molecule has 0 aromatic heterocycles. The molecule has 0 aliphatic heterocycles. The van der Waals surface area contributed by atoms with Gasteiger partial charge in [0.1, 0.15) is 5.82 Å². The number of rotatable bonds is 4. The molecule has 0 saturated heterocycles. The van der Waals surface area contributed by atoms with Gasteiger partial charge in [0.05, 0.1) is 23.3 Å². The van der Waals surface area contributed by atoms with Crippen molar-refractivity contribution in [1.29, 1.82) is 0 Å². The number of halogens is 4. The summed E-state index contributed by atoms with van der Waals surface area (Å²) in [4.78, 5) is 10.4. The van der Waals surface area contributed by atoms with E-state index >= 15 is 0 Å². The van der Waals surface area contributed by atoms with Gasteiger partial charge in [-0.1, -0.05) is 6.07 Å². The van der Waals surface area contributed by atoms with Crippen molar-refractivity contribution in [2.75, 3.05) is 17.1 Å². The highest BCUT2D eigenvalue weighted by molar-refractivity contribution is 7.92. The van der Waals surface area contributed by atoms with Crippen LogP contribution in [0.25, 0.3) is 0 Å². The Labute approximate surface area is 145 Å². The van der Waals surface area contributed by atoms with Crippen LogP contribution in [-0.2, 0) is 20.9 Å². The number of carbonyl (C=O) groups excluding carboxylic acids is 1. The van der Waals surface area contributed by atoms with E-state index in [1.54, 1.807) is 0 Å². The van der Waals surface area contributed by atoms with Crippen LogP contribution in [0.3, 0.4) is 0 Å². The Morgan fingerprint density at radius 3 is 2.35 bits per heavy atom. The Morgan fingerprint density at radius 1 is 1.08 bits per heavy atom. The molecule has 0 aliphatic rings. The van der Waals surface area contributed by atoms with Crippen molar-refractivity contribution >= 4 is 27.5 Å². The van der Waals surface area contributed by atoms with Gasteiger partial charge in [-0.25, -0.2) is 17.6 Å². The van der Waals surface area contributed by atoms with E-state index in [2.05, 4.69) is 14.8 Å². The lowest BCUT2D eigenvalue weighted by Crippen LogP contribution is -2.16. The van der Waals surface area contributed by atoms with Crippen molar-refractivity contribution < 1.29 is 35.5 Å². The normalized spacial score (nSPS) is 11.7. The van der Waals surface area contributed by atoms with Crippen molar-refractivity contribution in [3.8, 4) is 0 Å². The monoisotopic (exact) mass is 392 g/mol. The van der Waals surface area contributed by atoms with Gasteiger partial charge in [0.15, 0.2) is 0 Å². The number of hydrogen-bond donors (Lipinski definition) is 2. The molecule has 11 heteroatoms. The molecule has 0 saturated carbocycles. The Kier molecular flexibility index (Phi) is 5.40. The molecule has 2 aromatic rings. The Balaban J connectivity index is 2.32. The fourth-order valence-electron chi connectivity index (χ4n) is 1.93. The number of nitrogens with one attached hydrogen (secondary N) is 2. The molecule has 2 rings (SSSR count). The third-order valence-corrected chi connectivity index (χ3v) is 4.48. The van der Waals surface area contributed by atoms with Crippen LogP contribution in [-0.4, -0.2) is 21.6 Å². The second-order valence-corrected chi connectivity index (χ2v) is 6.62. The fraction of sp³-hybridized carbons (Fsp3) is 0.133. The minimum absolute atomic E-state index is 0.0308. The van der Waals surface area contributed by atoms with Crippen LogP contribution in [0, 0.1) is 5.82 Å². The van der Waals surface area contributed by atoms with Gasteiger partial charge < -0.3 is 4.74 Å². The van der Waals surface area contributed by atoms with Gasteiger partial charge in [0.25, 0.3) is 10.0 Å². The first kappa shape index (κ1) is 19.5. The van der Waals surface area contributed by atoms with E-state index in [1.807, 2.05) is 0 Å². The van der Waals surface area contributed by atoms with Crippen LogP contribution in [0.1, 0.15) is 5.56 Å². The molecule has 2 N–H and O–H groups in total. The van der Waals surface area contributed by atoms with Gasteiger partial charge >= 0.3 is 12.3 Å². The van der Waals surface area contributed by atoms with E-state index in [-0.39, 0.29) is 17.4 Å². The molecule has 0 atom stereocenters. The van der Waals surface area contributed by atoms with Crippen LogP contribution < -0.4 is 10.0 Å². The zero-order chi connectivity index (χ0) is 19.5. The molecule has 2 aromatic carbocycles. The highest BCUT2D eigenvalue weighted by atomic mass is 32.2. The summed E-state index contributed by atoms with van der Waals surface area (Å²) in [6.07, 6.45) is -5.83. The maximum absolute atomic E-state index is 13.3. The van der Waals surface area contributed by atoms with Crippen molar-refractivity contribution in [2.24, 2.45) is 0 Å². The number of alkyl halides is 3. The summed E-state index contributed by atoms with van der Waals surface area (Å²) in [6, 6.07) is 6.71. The van der Waals surface area contributed by atoms with Gasteiger partial charge in [0.2, 0.25) is 0 Å². The average molecular weight is 392 g/mol. The molecular weight excluding hydrogens is 380 g/mol. The lowest BCUT2D eigenvalue weighted by atomic mass is 10.2. The third kappa shape index (κ3) is 4.63. The Morgan fingerprint density at radius 2 is 1.73 bits per heavy atom. The molecule has 26 heavy (non-hydrogen) atoms. The number of amides is 1. The smallest absolute Gasteiger partial charge is 0.419 e. The molecule has 140 valence electrons. The van der Waals surface area contributed by atoms with Crippen molar-refractivity contribution in [3.05, 3.63) is 53.8 Å². The number of anilines is 2. The predicted molar refractivity (Wildman–Crippen MR) is 84.7 cm³/mol. The summed E-state index contributed by atoms with van der Waals surface area (Å²) in [5.41, 5.74) is -1.54. The van der Waals surface area contributed by atoms with Crippen LogP contribution in [0.15, 0.2) is 47.4 Å². The van der Waals surface area contributed by atoms with Gasteiger partial charge in [-0.2, -0.15) is 13.2 Å². The number of sulfonamides is 1. The molecule has 1 amide bonds. The largest absolute Gasteiger partial charge is 0.453 e. The summed E-state index contributed by atoms with van der Waals surface area (Å²) < 4.78 is 82.5. The van der Waals surface area contributed by atoms with Gasteiger partial charge in [-0.3, -0.25) is 10.0 Å². The first-order valence-electron chi connectivity index (χ1n) is 6.87. The molecule has 0 radical (unpaired) electrons. The van der Waals surface area contributed by atoms with Crippen LogP contribution >= 0.6 is 0 Å². The Bertz CT molecular complexity index is 929. The number of benzene rings is 2. The maximum atomic E-state index is 13.3. The van der Waals surface area contributed by atoms with Crippen molar-refractivity contribution in [3.63, 3.8) is 0 Å². The number of methoxy groups -OCH3 is 1. The summed E-state index contributed by atoms with van der Waals surface area (Å²) in [7, 11) is -3.29. The van der Waals surface area contributed by atoms with Crippen LogP contribution in [0.2, 0.25) is 0 Å². The van der Waals surface area contributed by atoms with Gasteiger partial charge in [-0.05, 0) is 36.4 Å². The van der Waals surface area contributed by atoms with Crippen molar-refractivity contribution in [2.45, 2.75) is 11.1 Å².